The highest BCUT2D eigenvalue weighted by Crippen LogP contribution is 2.22. The number of hydrogen-bond donors (Lipinski definition) is 1. The summed E-state index contributed by atoms with van der Waals surface area (Å²) in [5.41, 5.74) is 0.883. The highest BCUT2D eigenvalue weighted by Gasteiger charge is 2.31. The van der Waals surface area contributed by atoms with E-state index in [4.69, 9.17) is 4.42 Å². The van der Waals surface area contributed by atoms with E-state index < -0.39 is 16.0 Å². The summed E-state index contributed by atoms with van der Waals surface area (Å²) in [4.78, 5) is 17.7. The lowest BCUT2D eigenvalue weighted by atomic mass is 10.2. The number of aromatic carboxylic acids is 1. The van der Waals surface area contributed by atoms with Gasteiger partial charge in [0.15, 0.2) is 0 Å². The molecule has 3 heterocycles. The summed E-state index contributed by atoms with van der Waals surface area (Å²) in [6, 6.07) is 6.17. The lowest BCUT2D eigenvalue weighted by Crippen LogP contribution is -2.49. The van der Waals surface area contributed by atoms with Crippen LogP contribution in [0.5, 0.6) is 0 Å². The molecule has 1 N–H and O–H groups in total. The van der Waals surface area contributed by atoms with Crippen LogP contribution in [0.15, 0.2) is 33.8 Å². The summed E-state index contributed by atoms with van der Waals surface area (Å²) in [5, 5.41) is 9.21. The van der Waals surface area contributed by atoms with Crippen molar-refractivity contribution in [3.8, 4) is 0 Å². The van der Waals surface area contributed by atoms with Gasteiger partial charge in [0.1, 0.15) is 11.6 Å². The Morgan fingerprint density at radius 3 is 2.32 bits per heavy atom. The van der Waals surface area contributed by atoms with E-state index in [9.17, 15) is 18.3 Å². The summed E-state index contributed by atoms with van der Waals surface area (Å²) in [6.07, 6.45) is 0.625. The molecule has 0 amide bonds. The lowest BCUT2D eigenvalue weighted by Gasteiger charge is -2.34. The van der Waals surface area contributed by atoms with Gasteiger partial charge in [0, 0.05) is 31.9 Å². The van der Waals surface area contributed by atoms with E-state index in [-0.39, 0.29) is 23.7 Å². The maximum absolute atomic E-state index is 12.6. The molecule has 3 rings (SSSR count). The average Bonchev–Trinajstić information content (AvgIpc) is 3.16. The third-order valence-electron chi connectivity index (χ3n) is 4.35. The first-order valence-electron chi connectivity index (χ1n) is 9.37. The maximum atomic E-state index is 12.6. The van der Waals surface area contributed by atoms with Crippen LogP contribution in [0.25, 0.3) is 0 Å². The van der Waals surface area contributed by atoms with Gasteiger partial charge in [0.05, 0.1) is 5.56 Å². The Labute approximate surface area is 165 Å². The van der Waals surface area contributed by atoms with Gasteiger partial charge in [-0.1, -0.05) is 20.8 Å². The zero-order chi connectivity index (χ0) is 20.9. The minimum Gasteiger partial charge on any atom is -0.478 e. The number of carboxylic acid groups (broad SMARTS) is 1. The molecule has 8 nitrogen and oxygen atoms in total. The van der Waals surface area contributed by atoms with E-state index in [1.165, 1.54) is 16.4 Å². The lowest BCUT2D eigenvalue weighted by molar-refractivity contribution is 0.0696. The maximum Gasteiger partial charge on any atom is 0.335 e. The molecule has 9 heteroatoms. The van der Waals surface area contributed by atoms with Crippen LogP contribution >= 0.6 is 0 Å². The summed E-state index contributed by atoms with van der Waals surface area (Å²) < 4.78 is 31.9. The first-order valence-corrected chi connectivity index (χ1v) is 10.8. The van der Waals surface area contributed by atoms with Gasteiger partial charge < -0.3 is 14.4 Å². The largest absolute Gasteiger partial charge is 0.478 e. The molecule has 0 saturated carbocycles. The molecule has 0 radical (unpaired) electrons. The molecule has 0 aliphatic carbocycles. The van der Waals surface area contributed by atoms with Crippen LogP contribution in [0.1, 0.15) is 42.6 Å². The predicted molar refractivity (Wildman–Crippen MR) is 106 cm³/mol. The van der Waals surface area contributed by atoms with Crippen LogP contribution in [0, 0.1) is 6.92 Å². The molecular weight excluding hydrogens is 382 g/mol. The second-order valence-electron chi connectivity index (χ2n) is 6.12. The number of anilines is 1. The normalized spacial score (nSPS) is 15.1. The SMILES string of the molecule is CC.CCc1cc(C(=O)O)cc(N2CCN(S(=O)(=O)c3ccc(C)o3)CC2)n1. The van der Waals surface area contributed by atoms with Crippen molar-refractivity contribution in [2.24, 2.45) is 0 Å². The molecule has 154 valence electrons. The quantitative estimate of drug-likeness (QED) is 0.810. The molecule has 1 saturated heterocycles. The molecule has 2 aromatic heterocycles. The van der Waals surface area contributed by atoms with E-state index >= 15 is 0 Å². The molecule has 1 fully saturated rings. The van der Waals surface area contributed by atoms with Gasteiger partial charge in [-0.05, 0) is 37.6 Å². The van der Waals surface area contributed by atoms with Crippen LogP contribution in [-0.4, -0.2) is 55.0 Å². The van der Waals surface area contributed by atoms with E-state index in [1.807, 2.05) is 25.7 Å². The Balaban J connectivity index is 0.00000136. The van der Waals surface area contributed by atoms with Crippen LogP contribution in [-0.2, 0) is 16.4 Å². The fourth-order valence-electron chi connectivity index (χ4n) is 2.87. The second-order valence-corrected chi connectivity index (χ2v) is 7.99. The fraction of sp³-hybridized carbons (Fsp3) is 0.474. The monoisotopic (exact) mass is 409 g/mol. The molecular formula is C19H27N3O5S. The summed E-state index contributed by atoms with van der Waals surface area (Å²) in [5.74, 6) is 0.106. The van der Waals surface area contributed by atoms with Crippen LogP contribution in [0.4, 0.5) is 5.82 Å². The zero-order valence-electron chi connectivity index (χ0n) is 16.7. The van der Waals surface area contributed by atoms with Gasteiger partial charge in [-0.3, -0.25) is 0 Å². The van der Waals surface area contributed by atoms with Crippen molar-refractivity contribution < 1.29 is 22.7 Å². The van der Waals surface area contributed by atoms with Gasteiger partial charge in [-0.2, -0.15) is 4.31 Å². The number of hydrogen-bond acceptors (Lipinski definition) is 6. The van der Waals surface area contributed by atoms with Crippen molar-refractivity contribution in [2.45, 2.75) is 39.2 Å². The number of piperazine rings is 1. The molecule has 1 aliphatic rings. The first-order chi connectivity index (χ1) is 13.3. The fourth-order valence-corrected chi connectivity index (χ4v) is 4.25. The number of aromatic nitrogens is 1. The van der Waals surface area contributed by atoms with Gasteiger partial charge in [0.25, 0.3) is 10.0 Å². The number of furan rings is 1. The molecule has 0 bridgehead atoms. The minimum atomic E-state index is -3.66. The molecule has 1 aliphatic heterocycles. The summed E-state index contributed by atoms with van der Waals surface area (Å²) >= 11 is 0. The van der Waals surface area contributed by atoms with Crippen molar-refractivity contribution in [3.63, 3.8) is 0 Å². The number of pyridine rings is 1. The number of rotatable bonds is 5. The number of sulfonamides is 1. The van der Waals surface area contributed by atoms with Crippen LogP contribution in [0.2, 0.25) is 0 Å². The van der Waals surface area contributed by atoms with Gasteiger partial charge in [-0.15, -0.1) is 0 Å². The van der Waals surface area contributed by atoms with Gasteiger partial charge >= 0.3 is 5.97 Å². The molecule has 0 aromatic carbocycles. The topological polar surface area (TPSA) is 104 Å². The molecule has 2 aromatic rings. The smallest absolute Gasteiger partial charge is 0.335 e. The van der Waals surface area contributed by atoms with E-state index in [2.05, 4.69) is 4.98 Å². The van der Waals surface area contributed by atoms with Crippen molar-refractivity contribution in [3.05, 3.63) is 41.3 Å². The Morgan fingerprint density at radius 1 is 1.18 bits per heavy atom. The average molecular weight is 410 g/mol. The number of carbonyl (C=O) groups is 1. The zero-order valence-corrected chi connectivity index (χ0v) is 17.5. The Morgan fingerprint density at radius 2 is 1.82 bits per heavy atom. The number of nitrogens with zero attached hydrogens (tertiary/aromatic N) is 3. The van der Waals surface area contributed by atoms with Gasteiger partial charge in [-0.25, -0.2) is 18.2 Å². The van der Waals surface area contributed by atoms with E-state index in [0.717, 1.165) is 0 Å². The highest BCUT2D eigenvalue weighted by atomic mass is 32.2. The second kappa shape index (κ2) is 9.20. The van der Waals surface area contributed by atoms with Crippen LogP contribution in [0.3, 0.4) is 0 Å². The van der Waals surface area contributed by atoms with Crippen molar-refractivity contribution in [1.82, 2.24) is 9.29 Å². The van der Waals surface area contributed by atoms with Crippen molar-refractivity contribution in [2.75, 3.05) is 31.1 Å². The van der Waals surface area contributed by atoms with Crippen molar-refractivity contribution >= 4 is 21.8 Å². The van der Waals surface area contributed by atoms with Gasteiger partial charge in [0.2, 0.25) is 5.09 Å². The first kappa shape index (κ1) is 21.9. The third-order valence-corrected chi connectivity index (χ3v) is 6.12. The third kappa shape index (κ3) is 4.71. The standard InChI is InChI=1S/C17H21N3O5S.C2H6/c1-3-14-10-13(17(21)22)11-15(18-14)19-6-8-20(9-7-19)26(23,24)16-5-4-12(2)25-16;1-2/h4-5,10-11H,3,6-9H2,1-2H3,(H,21,22);1-2H3. The Hall–Kier alpha value is -2.39. The van der Waals surface area contributed by atoms with E-state index in [1.54, 1.807) is 19.1 Å². The number of carboxylic acids is 1. The highest BCUT2D eigenvalue weighted by molar-refractivity contribution is 7.89. The summed E-state index contributed by atoms with van der Waals surface area (Å²) in [7, 11) is -3.66. The minimum absolute atomic E-state index is 0.0530. The number of aryl methyl sites for hydroxylation is 2. The van der Waals surface area contributed by atoms with E-state index in [0.29, 0.717) is 36.8 Å². The molecule has 0 unspecified atom stereocenters. The predicted octanol–water partition coefficient (Wildman–Crippen LogP) is 2.78. The molecule has 0 atom stereocenters. The molecule has 28 heavy (non-hydrogen) atoms. The Bertz CT molecular complexity index is 915. The van der Waals surface area contributed by atoms with Crippen LogP contribution < -0.4 is 4.90 Å². The Kier molecular flexibility index (Phi) is 7.20. The van der Waals surface area contributed by atoms with Crippen molar-refractivity contribution in [1.29, 1.82) is 0 Å². The summed E-state index contributed by atoms with van der Waals surface area (Å²) in [6.45, 7) is 9.03. The molecule has 0 spiro atoms.